The van der Waals surface area contributed by atoms with Gasteiger partial charge in [0, 0.05) is 18.6 Å². The topological polar surface area (TPSA) is 73.8 Å². The van der Waals surface area contributed by atoms with Gasteiger partial charge in [-0.3, -0.25) is 9.89 Å². The normalized spacial score (nSPS) is 19.9. The molecule has 2 unspecified atom stereocenters. The van der Waals surface area contributed by atoms with E-state index in [1.165, 1.54) is 5.56 Å². The molecule has 0 aliphatic carbocycles. The number of sulfone groups is 1. The van der Waals surface area contributed by atoms with Crippen LogP contribution in [0.2, 0.25) is 0 Å². The molecule has 0 saturated carbocycles. The highest BCUT2D eigenvalue weighted by Gasteiger charge is 2.28. The maximum atomic E-state index is 11.7. The van der Waals surface area contributed by atoms with Gasteiger partial charge in [0.1, 0.15) is 0 Å². The van der Waals surface area contributed by atoms with Gasteiger partial charge >= 0.3 is 0 Å². The van der Waals surface area contributed by atoms with Gasteiger partial charge in [-0.1, -0.05) is 44.2 Å². The second kappa shape index (κ2) is 12.6. The molecule has 0 aromatic heterocycles. The molecule has 1 fully saturated rings. The quantitative estimate of drug-likeness (QED) is 0.296. The fourth-order valence-corrected chi connectivity index (χ4v) is 5.23. The average molecular weight is 522 g/mol. The summed E-state index contributed by atoms with van der Waals surface area (Å²) in [6.07, 6.45) is 1.60. The summed E-state index contributed by atoms with van der Waals surface area (Å²) in [7, 11) is -2.90. The minimum atomic E-state index is -2.90. The molecule has 1 aliphatic rings. The van der Waals surface area contributed by atoms with E-state index in [0.717, 1.165) is 26.1 Å². The van der Waals surface area contributed by atoms with Gasteiger partial charge in [0.25, 0.3) is 0 Å². The number of rotatable bonds is 9. The molecule has 0 amide bonds. The lowest BCUT2D eigenvalue weighted by Crippen LogP contribution is -2.45. The summed E-state index contributed by atoms with van der Waals surface area (Å²) in [5, 5.41) is 6.56. The molecular weight excluding hydrogens is 487 g/mol. The smallest absolute Gasteiger partial charge is 0.191 e. The van der Waals surface area contributed by atoms with Crippen LogP contribution in [0.4, 0.5) is 0 Å². The molecule has 0 bridgehead atoms. The third-order valence-electron chi connectivity index (χ3n) is 5.02. The number of halogens is 1. The Morgan fingerprint density at radius 2 is 1.89 bits per heavy atom. The lowest BCUT2D eigenvalue weighted by atomic mass is 10.0. The van der Waals surface area contributed by atoms with E-state index in [2.05, 4.69) is 53.6 Å². The van der Waals surface area contributed by atoms with E-state index in [0.29, 0.717) is 25.0 Å². The van der Waals surface area contributed by atoms with Crippen molar-refractivity contribution in [3.63, 3.8) is 0 Å². The molecule has 2 N–H and O–H groups in total. The Kier molecular flexibility index (Phi) is 11.4. The van der Waals surface area contributed by atoms with Crippen LogP contribution in [-0.4, -0.2) is 69.0 Å². The number of hydrogen-bond acceptors (Lipinski definition) is 4. The average Bonchev–Trinajstić information content (AvgIpc) is 2.99. The Balaban J connectivity index is 0.00000392. The van der Waals surface area contributed by atoms with Gasteiger partial charge in [0.2, 0.25) is 0 Å². The zero-order valence-electron chi connectivity index (χ0n) is 17.2. The Bertz CT molecular complexity index is 693. The van der Waals surface area contributed by atoms with Crippen LogP contribution in [0, 0.1) is 0 Å². The van der Waals surface area contributed by atoms with Gasteiger partial charge in [0.15, 0.2) is 15.8 Å². The Labute approximate surface area is 187 Å². The van der Waals surface area contributed by atoms with Crippen molar-refractivity contribution >= 4 is 39.8 Å². The molecule has 28 heavy (non-hydrogen) atoms. The van der Waals surface area contributed by atoms with Crippen molar-refractivity contribution in [2.45, 2.75) is 45.7 Å². The van der Waals surface area contributed by atoms with Crippen molar-refractivity contribution in [3.05, 3.63) is 35.9 Å². The molecule has 8 heteroatoms. The maximum Gasteiger partial charge on any atom is 0.191 e. The standard InChI is InChI=1S/C20H34N4O2S.HI/c1-4-21-20(23-18-12-13-27(25,26)16-18)22-15-19(24(5-2)6-3)14-17-10-8-7-9-11-17;/h7-11,18-19H,4-6,12-16H2,1-3H3,(H2,21,22,23);1H. The molecule has 0 radical (unpaired) electrons. The van der Waals surface area contributed by atoms with Gasteiger partial charge in [-0.2, -0.15) is 0 Å². The highest BCUT2D eigenvalue weighted by atomic mass is 127. The second-order valence-electron chi connectivity index (χ2n) is 7.03. The molecular formula is C20H35IN4O2S. The van der Waals surface area contributed by atoms with E-state index in [-0.39, 0.29) is 41.5 Å². The lowest BCUT2D eigenvalue weighted by molar-refractivity contribution is 0.220. The highest BCUT2D eigenvalue weighted by molar-refractivity contribution is 14.0. The summed E-state index contributed by atoms with van der Waals surface area (Å²) >= 11 is 0. The number of nitrogens with one attached hydrogen (secondary N) is 2. The number of hydrogen-bond donors (Lipinski definition) is 2. The van der Waals surface area contributed by atoms with E-state index < -0.39 is 9.84 Å². The highest BCUT2D eigenvalue weighted by Crippen LogP contribution is 2.12. The van der Waals surface area contributed by atoms with E-state index in [4.69, 9.17) is 4.99 Å². The minimum Gasteiger partial charge on any atom is -0.357 e. The van der Waals surface area contributed by atoms with Crippen molar-refractivity contribution < 1.29 is 8.42 Å². The molecule has 6 nitrogen and oxygen atoms in total. The van der Waals surface area contributed by atoms with Crippen LogP contribution >= 0.6 is 24.0 Å². The van der Waals surface area contributed by atoms with Crippen LogP contribution in [0.25, 0.3) is 0 Å². The largest absolute Gasteiger partial charge is 0.357 e. The SMILES string of the molecule is CCNC(=NCC(Cc1ccccc1)N(CC)CC)NC1CCS(=O)(=O)C1.I. The Hall–Kier alpha value is -0.870. The number of benzene rings is 1. The monoisotopic (exact) mass is 522 g/mol. The Morgan fingerprint density at radius 1 is 1.21 bits per heavy atom. The second-order valence-corrected chi connectivity index (χ2v) is 9.26. The summed E-state index contributed by atoms with van der Waals surface area (Å²) in [6.45, 7) is 9.76. The third kappa shape index (κ3) is 8.24. The third-order valence-corrected chi connectivity index (χ3v) is 6.79. The number of nitrogens with zero attached hydrogens (tertiary/aromatic N) is 2. The molecule has 0 spiro atoms. The van der Waals surface area contributed by atoms with Crippen LogP contribution in [0.3, 0.4) is 0 Å². The van der Waals surface area contributed by atoms with Crippen LogP contribution in [-0.2, 0) is 16.3 Å². The lowest BCUT2D eigenvalue weighted by Gasteiger charge is -2.29. The zero-order chi connectivity index (χ0) is 19.7. The van der Waals surface area contributed by atoms with E-state index in [9.17, 15) is 8.42 Å². The van der Waals surface area contributed by atoms with Crippen molar-refractivity contribution in [2.75, 3.05) is 37.7 Å². The first-order valence-corrected chi connectivity index (χ1v) is 11.8. The van der Waals surface area contributed by atoms with Gasteiger partial charge < -0.3 is 10.6 Å². The van der Waals surface area contributed by atoms with Crippen molar-refractivity contribution in [2.24, 2.45) is 4.99 Å². The first-order valence-electron chi connectivity index (χ1n) is 10.0. The fourth-order valence-electron chi connectivity index (χ4n) is 3.55. The van der Waals surface area contributed by atoms with Crippen LogP contribution in [0.15, 0.2) is 35.3 Å². The molecule has 1 saturated heterocycles. The van der Waals surface area contributed by atoms with Crippen molar-refractivity contribution in [3.8, 4) is 0 Å². The molecule has 1 heterocycles. The van der Waals surface area contributed by atoms with E-state index in [1.807, 2.05) is 13.0 Å². The van der Waals surface area contributed by atoms with Gasteiger partial charge in [-0.25, -0.2) is 8.42 Å². The Morgan fingerprint density at radius 3 is 2.43 bits per heavy atom. The maximum absolute atomic E-state index is 11.7. The van der Waals surface area contributed by atoms with Crippen molar-refractivity contribution in [1.82, 2.24) is 15.5 Å². The number of aliphatic imine (C=N–C) groups is 1. The van der Waals surface area contributed by atoms with Gasteiger partial charge in [0.05, 0.1) is 18.1 Å². The summed E-state index contributed by atoms with van der Waals surface area (Å²) in [6, 6.07) is 10.8. The summed E-state index contributed by atoms with van der Waals surface area (Å²) in [5.74, 6) is 1.17. The van der Waals surface area contributed by atoms with E-state index in [1.54, 1.807) is 0 Å². The minimum absolute atomic E-state index is 0. The zero-order valence-corrected chi connectivity index (χ0v) is 20.4. The van der Waals surface area contributed by atoms with Gasteiger partial charge in [-0.05, 0) is 38.4 Å². The molecule has 160 valence electrons. The molecule has 1 aromatic rings. The summed E-state index contributed by atoms with van der Waals surface area (Å²) in [5.41, 5.74) is 1.31. The van der Waals surface area contributed by atoms with Crippen molar-refractivity contribution in [1.29, 1.82) is 0 Å². The fraction of sp³-hybridized carbons (Fsp3) is 0.650. The van der Waals surface area contributed by atoms with Crippen LogP contribution < -0.4 is 10.6 Å². The predicted octanol–water partition coefficient (Wildman–Crippen LogP) is 2.30. The summed E-state index contributed by atoms with van der Waals surface area (Å²) in [4.78, 5) is 7.23. The molecule has 2 atom stereocenters. The molecule has 1 aromatic carbocycles. The van der Waals surface area contributed by atoms with E-state index >= 15 is 0 Å². The predicted molar refractivity (Wildman–Crippen MR) is 128 cm³/mol. The summed E-state index contributed by atoms with van der Waals surface area (Å²) < 4.78 is 23.4. The first kappa shape index (κ1) is 25.2. The number of likely N-dealkylation sites (N-methyl/N-ethyl adjacent to an activating group) is 1. The van der Waals surface area contributed by atoms with Gasteiger partial charge in [-0.15, -0.1) is 24.0 Å². The number of guanidine groups is 1. The van der Waals surface area contributed by atoms with Crippen LogP contribution in [0.1, 0.15) is 32.8 Å². The molecule has 2 rings (SSSR count). The first-order chi connectivity index (χ1) is 13.0. The van der Waals surface area contributed by atoms with Crippen LogP contribution in [0.5, 0.6) is 0 Å². The molecule has 1 aliphatic heterocycles.